The van der Waals surface area contributed by atoms with E-state index in [1.54, 1.807) is 6.20 Å². The summed E-state index contributed by atoms with van der Waals surface area (Å²) in [6.45, 7) is 2.63. The van der Waals surface area contributed by atoms with Gasteiger partial charge in [0.25, 0.3) is 0 Å². The van der Waals surface area contributed by atoms with Gasteiger partial charge in [0, 0.05) is 17.2 Å². The van der Waals surface area contributed by atoms with Crippen LogP contribution in [-0.4, -0.2) is 9.97 Å². The molecule has 1 aromatic carbocycles. The predicted molar refractivity (Wildman–Crippen MR) is 68.2 cm³/mol. The predicted octanol–water partition coefficient (Wildman–Crippen LogP) is 3.16. The van der Waals surface area contributed by atoms with Crippen LogP contribution in [-0.2, 0) is 6.54 Å². The topological polar surface area (TPSA) is 37.8 Å². The molecule has 0 saturated heterocycles. The molecule has 0 spiro atoms. The van der Waals surface area contributed by atoms with Crippen LogP contribution < -0.4 is 5.32 Å². The van der Waals surface area contributed by atoms with Gasteiger partial charge >= 0.3 is 0 Å². The third-order valence-electron chi connectivity index (χ3n) is 2.19. The summed E-state index contributed by atoms with van der Waals surface area (Å²) in [5.74, 6) is 1.63. The van der Waals surface area contributed by atoms with E-state index in [1.165, 1.54) is 5.56 Å². The number of benzene rings is 1. The molecule has 0 fully saturated rings. The highest BCUT2D eigenvalue weighted by Gasteiger charge is 1.99. The number of halogens is 1. The summed E-state index contributed by atoms with van der Waals surface area (Å²) in [5.41, 5.74) is 1.21. The lowest BCUT2D eigenvalue weighted by Gasteiger charge is -2.07. The van der Waals surface area contributed by atoms with Gasteiger partial charge in [-0.1, -0.05) is 34.1 Å². The molecule has 1 aromatic heterocycles. The minimum Gasteiger partial charge on any atom is -0.366 e. The van der Waals surface area contributed by atoms with E-state index in [1.807, 2.05) is 31.2 Å². The fraction of sp³-hybridized carbons (Fsp3) is 0.167. The van der Waals surface area contributed by atoms with Crippen LogP contribution in [0.4, 0.5) is 5.82 Å². The zero-order valence-electron chi connectivity index (χ0n) is 8.94. The maximum Gasteiger partial charge on any atom is 0.129 e. The summed E-state index contributed by atoms with van der Waals surface area (Å²) < 4.78 is 1.10. The van der Waals surface area contributed by atoms with E-state index in [9.17, 15) is 0 Å². The van der Waals surface area contributed by atoms with Crippen molar-refractivity contribution in [1.29, 1.82) is 0 Å². The molecular formula is C12H12BrN3. The molecule has 3 nitrogen and oxygen atoms in total. The fourth-order valence-corrected chi connectivity index (χ4v) is 1.81. The summed E-state index contributed by atoms with van der Waals surface area (Å²) in [4.78, 5) is 8.33. The standard InChI is InChI=1S/C12H12BrN3/c1-9-14-7-6-12(16-9)15-8-10-4-2-3-5-11(10)13/h2-7H,8H2,1H3,(H,14,15,16). The van der Waals surface area contributed by atoms with Crippen molar-refractivity contribution in [3.63, 3.8) is 0 Å². The van der Waals surface area contributed by atoms with Gasteiger partial charge in [0.15, 0.2) is 0 Å². The summed E-state index contributed by atoms with van der Waals surface area (Å²) >= 11 is 3.51. The Morgan fingerprint density at radius 2 is 2.06 bits per heavy atom. The van der Waals surface area contributed by atoms with Crippen molar-refractivity contribution in [3.05, 3.63) is 52.4 Å². The molecule has 0 radical (unpaired) electrons. The first-order chi connectivity index (χ1) is 7.75. The molecule has 2 rings (SSSR count). The highest BCUT2D eigenvalue weighted by molar-refractivity contribution is 9.10. The van der Waals surface area contributed by atoms with Gasteiger partial charge in [-0.3, -0.25) is 0 Å². The van der Waals surface area contributed by atoms with Crippen LogP contribution in [0.3, 0.4) is 0 Å². The van der Waals surface area contributed by atoms with Crippen molar-refractivity contribution in [2.75, 3.05) is 5.32 Å². The molecule has 0 atom stereocenters. The van der Waals surface area contributed by atoms with Gasteiger partial charge in [-0.2, -0.15) is 0 Å². The Kier molecular flexibility index (Phi) is 3.51. The van der Waals surface area contributed by atoms with Crippen LogP contribution >= 0.6 is 15.9 Å². The second kappa shape index (κ2) is 5.07. The van der Waals surface area contributed by atoms with E-state index in [0.717, 1.165) is 22.7 Å². The quantitative estimate of drug-likeness (QED) is 0.937. The second-order valence-electron chi connectivity index (χ2n) is 3.43. The minimum atomic E-state index is 0.748. The molecule has 0 amide bonds. The SMILES string of the molecule is Cc1nccc(NCc2ccccc2Br)n1. The van der Waals surface area contributed by atoms with E-state index in [0.29, 0.717) is 0 Å². The van der Waals surface area contributed by atoms with Crippen molar-refractivity contribution >= 4 is 21.7 Å². The van der Waals surface area contributed by atoms with E-state index in [-0.39, 0.29) is 0 Å². The Labute approximate surface area is 103 Å². The van der Waals surface area contributed by atoms with Crippen LogP contribution in [0.5, 0.6) is 0 Å². The third kappa shape index (κ3) is 2.79. The highest BCUT2D eigenvalue weighted by atomic mass is 79.9. The van der Waals surface area contributed by atoms with Crippen LogP contribution in [0.1, 0.15) is 11.4 Å². The molecule has 0 unspecified atom stereocenters. The molecule has 1 N–H and O–H groups in total. The molecular weight excluding hydrogens is 266 g/mol. The zero-order valence-corrected chi connectivity index (χ0v) is 10.5. The average Bonchev–Trinajstić information content (AvgIpc) is 2.28. The van der Waals surface area contributed by atoms with Crippen LogP contribution in [0.2, 0.25) is 0 Å². The van der Waals surface area contributed by atoms with E-state index >= 15 is 0 Å². The molecule has 2 aromatic rings. The smallest absolute Gasteiger partial charge is 0.129 e. The first kappa shape index (κ1) is 11.1. The lowest BCUT2D eigenvalue weighted by Crippen LogP contribution is -2.03. The van der Waals surface area contributed by atoms with Crippen molar-refractivity contribution < 1.29 is 0 Å². The summed E-state index contributed by atoms with van der Waals surface area (Å²) in [5, 5.41) is 3.26. The highest BCUT2D eigenvalue weighted by Crippen LogP contribution is 2.16. The van der Waals surface area contributed by atoms with Crippen LogP contribution in [0, 0.1) is 6.92 Å². The van der Waals surface area contributed by atoms with Gasteiger partial charge in [0.1, 0.15) is 11.6 Å². The number of nitrogens with one attached hydrogen (secondary N) is 1. The molecule has 16 heavy (non-hydrogen) atoms. The van der Waals surface area contributed by atoms with Crippen LogP contribution in [0.15, 0.2) is 41.0 Å². The zero-order chi connectivity index (χ0) is 11.4. The summed E-state index contributed by atoms with van der Waals surface area (Å²) in [7, 11) is 0. The Hall–Kier alpha value is -1.42. The fourth-order valence-electron chi connectivity index (χ4n) is 1.38. The minimum absolute atomic E-state index is 0.748. The molecule has 0 saturated carbocycles. The molecule has 0 aliphatic rings. The molecule has 1 heterocycles. The van der Waals surface area contributed by atoms with Crippen molar-refractivity contribution in [3.8, 4) is 0 Å². The monoisotopic (exact) mass is 277 g/mol. The molecule has 0 bridgehead atoms. The largest absolute Gasteiger partial charge is 0.366 e. The van der Waals surface area contributed by atoms with E-state index in [4.69, 9.17) is 0 Å². The number of rotatable bonds is 3. The lowest BCUT2D eigenvalue weighted by atomic mass is 10.2. The lowest BCUT2D eigenvalue weighted by molar-refractivity contribution is 1.02. The van der Waals surface area contributed by atoms with Gasteiger partial charge in [-0.15, -0.1) is 0 Å². The average molecular weight is 278 g/mol. The summed E-state index contributed by atoms with van der Waals surface area (Å²) in [6.07, 6.45) is 1.75. The van der Waals surface area contributed by atoms with Crippen molar-refractivity contribution in [2.24, 2.45) is 0 Å². The maximum atomic E-state index is 4.28. The molecule has 0 aliphatic heterocycles. The van der Waals surface area contributed by atoms with Gasteiger partial charge in [0.2, 0.25) is 0 Å². The number of hydrogen-bond donors (Lipinski definition) is 1. The number of aromatic nitrogens is 2. The van der Waals surface area contributed by atoms with Crippen molar-refractivity contribution in [1.82, 2.24) is 9.97 Å². The van der Waals surface area contributed by atoms with Gasteiger partial charge in [-0.25, -0.2) is 9.97 Å². The maximum absolute atomic E-state index is 4.28. The number of aryl methyl sites for hydroxylation is 1. The number of anilines is 1. The second-order valence-corrected chi connectivity index (χ2v) is 4.29. The Morgan fingerprint density at radius 1 is 1.25 bits per heavy atom. The first-order valence-corrected chi connectivity index (χ1v) is 5.82. The normalized spacial score (nSPS) is 10.1. The van der Waals surface area contributed by atoms with Crippen molar-refractivity contribution in [2.45, 2.75) is 13.5 Å². The molecule has 0 aliphatic carbocycles. The number of nitrogens with zero attached hydrogens (tertiary/aromatic N) is 2. The summed E-state index contributed by atoms with van der Waals surface area (Å²) in [6, 6.07) is 9.99. The Balaban J connectivity index is 2.05. The van der Waals surface area contributed by atoms with Gasteiger partial charge in [0.05, 0.1) is 0 Å². The Morgan fingerprint density at radius 3 is 2.81 bits per heavy atom. The van der Waals surface area contributed by atoms with Gasteiger partial charge < -0.3 is 5.32 Å². The Bertz CT molecular complexity index is 485. The third-order valence-corrected chi connectivity index (χ3v) is 2.97. The molecule has 82 valence electrons. The van der Waals surface area contributed by atoms with Crippen LogP contribution in [0.25, 0.3) is 0 Å². The van der Waals surface area contributed by atoms with E-state index in [2.05, 4.69) is 37.3 Å². The van der Waals surface area contributed by atoms with Gasteiger partial charge in [-0.05, 0) is 24.6 Å². The number of hydrogen-bond acceptors (Lipinski definition) is 3. The molecule has 4 heteroatoms. The van der Waals surface area contributed by atoms with E-state index < -0.39 is 0 Å². The first-order valence-electron chi connectivity index (χ1n) is 5.02.